The molecule has 0 saturated heterocycles. The van der Waals surface area contributed by atoms with E-state index < -0.39 is 27.2 Å². The van der Waals surface area contributed by atoms with Gasteiger partial charge in [-0.05, 0) is 25.2 Å². The number of rotatable bonds is 4. The van der Waals surface area contributed by atoms with Crippen molar-refractivity contribution < 1.29 is 19.4 Å². The van der Waals surface area contributed by atoms with Gasteiger partial charge in [0, 0.05) is 12.1 Å². The molecule has 8 nitrogen and oxygen atoms in total. The molecule has 0 N–H and O–H groups in total. The lowest BCUT2D eigenvalue weighted by molar-refractivity contribution is -0.394. The molecule has 1 aliphatic rings. The van der Waals surface area contributed by atoms with E-state index in [0.717, 1.165) is 43.9 Å². The molecule has 1 aromatic carbocycles. The first-order valence-corrected chi connectivity index (χ1v) is 7.03. The normalized spacial score (nSPS) is 21.1. The standard InChI is InChI=1S/C14H16N2O6/c1-9-4-2-3-5-13(9)22-14(17)10-6-11(15(18)19)8-12(7-10)16(20)21/h6-9,13H,2-5H2,1H3/t9-,13-/m1/s1. The number of carbonyl (C=O) groups is 1. The van der Waals surface area contributed by atoms with E-state index in [0.29, 0.717) is 0 Å². The predicted molar refractivity (Wildman–Crippen MR) is 76.6 cm³/mol. The maximum Gasteiger partial charge on any atom is 0.338 e. The summed E-state index contributed by atoms with van der Waals surface area (Å²) in [5.74, 6) is -0.545. The molecule has 22 heavy (non-hydrogen) atoms. The molecule has 1 saturated carbocycles. The van der Waals surface area contributed by atoms with Gasteiger partial charge in [-0.25, -0.2) is 4.79 Å². The van der Waals surface area contributed by atoms with Gasteiger partial charge < -0.3 is 4.74 Å². The molecule has 0 bridgehead atoms. The Bertz CT molecular complexity index is 583. The second-order valence-corrected chi connectivity index (χ2v) is 5.46. The van der Waals surface area contributed by atoms with E-state index in [2.05, 4.69) is 0 Å². The summed E-state index contributed by atoms with van der Waals surface area (Å²) in [4.78, 5) is 32.2. The third-order valence-corrected chi connectivity index (χ3v) is 3.85. The first-order chi connectivity index (χ1) is 10.4. The van der Waals surface area contributed by atoms with Crippen LogP contribution in [0.5, 0.6) is 0 Å². The molecule has 0 amide bonds. The summed E-state index contributed by atoms with van der Waals surface area (Å²) < 4.78 is 5.37. The monoisotopic (exact) mass is 308 g/mol. The Morgan fingerprint density at radius 3 is 2.14 bits per heavy atom. The number of carbonyl (C=O) groups excluding carboxylic acids is 1. The maximum atomic E-state index is 12.1. The number of benzene rings is 1. The first-order valence-electron chi connectivity index (χ1n) is 7.03. The van der Waals surface area contributed by atoms with Gasteiger partial charge in [0.25, 0.3) is 11.4 Å². The molecule has 8 heteroatoms. The van der Waals surface area contributed by atoms with Crippen LogP contribution in [-0.2, 0) is 4.74 Å². The van der Waals surface area contributed by atoms with Crippen LogP contribution in [0.2, 0.25) is 0 Å². The molecule has 0 aromatic heterocycles. The fraction of sp³-hybridized carbons (Fsp3) is 0.500. The van der Waals surface area contributed by atoms with Gasteiger partial charge in [-0.15, -0.1) is 0 Å². The van der Waals surface area contributed by atoms with Crippen molar-refractivity contribution in [2.45, 2.75) is 38.7 Å². The Hall–Kier alpha value is -2.51. The zero-order chi connectivity index (χ0) is 16.3. The quantitative estimate of drug-likeness (QED) is 0.479. The predicted octanol–water partition coefficient (Wildman–Crippen LogP) is 3.24. The Morgan fingerprint density at radius 1 is 1.09 bits per heavy atom. The number of hydrogen-bond donors (Lipinski definition) is 0. The van der Waals surface area contributed by atoms with Gasteiger partial charge in [0.1, 0.15) is 6.10 Å². The summed E-state index contributed by atoms with van der Waals surface area (Å²) in [6.45, 7) is 1.98. The third-order valence-electron chi connectivity index (χ3n) is 3.85. The number of ether oxygens (including phenoxy) is 1. The van der Waals surface area contributed by atoms with Crippen molar-refractivity contribution in [2.75, 3.05) is 0 Å². The number of nitro benzene ring substituents is 2. The lowest BCUT2D eigenvalue weighted by Gasteiger charge is -2.28. The van der Waals surface area contributed by atoms with E-state index in [1.807, 2.05) is 6.92 Å². The number of hydrogen-bond acceptors (Lipinski definition) is 6. The SMILES string of the molecule is C[C@@H]1CCCC[C@H]1OC(=O)c1cc([N+](=O)[O-])cc([N+](=O)[O-])c1. The maximum absolute atomic E-state index is 12.1. The molecule has 1 aliphatic carbocycles. The molecule has 0 aliphatic heterocycles. The molecule has 0 radical (unpaired) electrons. The highest BCUT2D eigenvalue weighted by atomic mass is 16.6. The van der Waals surface area contributed by atoms with Crippen LogP contribution in [-0.4, -0.2) is 21.9 Å². The van der Waals surface area contributed by atoms with Gasteiger partial charge in [0.05, 0.1) is 21.5 Å². The van der Waals surface area contributed by atoms with E-state index in [4.69, 9.17) is 4.74 Å². The first kappa shape index (κ1) is 15.9. The molecular formula is C14H16N2O6. The Morgan fingerprint density at radius 2 is 1.64 bits per heavy atom. The summed E-state index contributed by atoms with van der Waals surface area (Å²) in [7, 11) is 0. The molecule has 0 heterocycles. The van der Waals surface area contributed by atoms with Crippen LogP contribution in [0.25, 0.3) is 0 Å². The average Bonchev–Trinajstić information content (AvgIpc) is 2.49. The summed E-state index contributed by atoms with van der Waals surface area (Å²) in [5.41, 5.74) is -1.17. The zero-order valence-corrected chi connectivity index (χ0v) is 12.1. The van der Waals surface area contributed by atoms with Crippen LogP contribution in [0.15, 0.2) is 18.2 Å². The van der Waals surface area contributed by atoms with E-state index in [1.54, 1.807) is 0 Å². The fourth-order valence-electron chi connectivity index (χ4n) is 2.59. The fourth-order valence-corrected chi connectivity index (χ4v) is 2.59. The Balaban J connectivity index is 2.24. The number of esters is 1. The zero-order valence-electron chi connectivity index (χ0n) is 12.1. The van der Waals surface area contributed by atoms with Crippen LogP contribution < -0.4 is 0 Å². The molecule has 118 valence electrons. The molecule has 1 aromatic rings. The smallest absolute Gasteiger partial charge is 0.338 e. The molecule has 0 spiro atoms. The minimum absolute atomic E-state index is 0.168. The van der Waals surface area contributed by atoms with Crippen molar-refractivity contribution in [1.82, 2.24) is 0 Å². The highest BCUT2D eigenvalue weighted by molar-refractivity contribution is 5.91. The van der Waals surface area contributed by atoms with E-state index in [-0.39, 0.29) is 17.6 Å². The minimum Gasteiger partial charge on any atom is -0.458 e. The lowest BCUT2D eigenvalue weighted by atomic mass is 9.88. The van der Waals surface area contributed by atoms with Gasteiger partial charge in [0.2, 0.25) is 0 Å². The van der Waals surface area contributed by atoms with E-state index in [9.17, 15) is 25.0 Å². The molecular weight excluding hydrogens is 292 g/mol. The average molecular weight is 308 g/mol. The van der Waals surface area contributed by atoms with Crippen molar-refractivity contribution in [3.63, 3.8) is 0 Å². The van der Waals surface area contributed by atoms with Gasteiger partial charge in [0.15, 0.2) is 0 Å². The van der Waals surface area contributed by atoms with Crippen molar-refractivity contribution in [3.8, 4) is 0 Å². The van der Waals surface area contributed by atoms with E-state index in [1.165, 1.54) is 0 Å². The molecule has 2 rings (SSSR count). The molecule has 1 fully saturated rings. The number of non-ortho nitro benzene ring substituents is 2. The highest BCUT2D eigenvalue weighted by Gasteiger charge is 2.27. The number of nitro groups is 2. The summed E-state index contributed by atoms with van der Waals surface area (Å²) in [6.07, 6.45) is 3.48. The summed E-state index contributed by atoms with van der Waals surface area (Å²) in [6, 6.07) is 2.83. The van der Waals surface area contributed by atoms with Crippen LogP contribution in [0, 0.1) is 26.1 Å². The number of nitrogens with zero attached hydrogens (tertiary/aromatic N) is 2. The van der Waals surface area contributed by atoms with Crippen molar-refractivity contribution in [1.29, 1.82) is 0 Å². The second kappa shape index (κ2) is 6.50. The highest BCUT2D eigenvalue weighted by Crippen LogP contribution is 2.28. The van der Waals surface area contributed by atoms with Crippen molar-refractivity contribution in [2.24, 2.45) is 5.92 Å². The van der Waals surface area contributed by atoms with E-state index >= 15 is 0 Å². The van der Waals surface area contributed by atoms with Crippen molar-refractivity contribution >= 4 is 17.3 Å². The van der Waals surface area contributed by atoms with Crippen LogP contribution in [0.3, 0.4) is 0 Å². The van der Waals surface area contributed by atoms with Gasteiger partial charge in [-0.3, -0.25) is 20.2 Å². The summed E-state index contributed by atoms with van der Waals surface area (Å²) >= 11 is 0. The second-order valence-electron chi connectivity index (χ2n) is 5.46. The van der Waals surface area contributed by atoms with Gasteiger partial charge >= 0.3 is 5.97 Å². The van der Waals surface area contributed by atoms with Gasteiger partial charge in [-0.1, -0.05) is 13.3 Å². The topological polar surface area (TPSA) is 113 Å². The van der Waals surface area contributed by atoms with Crippen LogP contribution >= 0.6 is 0 Å². The van der Waals surface area contributed by atoms with Crippen molar-refractivity contribution in [3.05, 3.63) is 44.0 Å². The minimum atomic E-state index is -0.771. The summed E-state index contributed by atoms with van der Waals surface area (Å²) in [5, 5.41) is 21.6. The van der Waals surface area contributed by atoms with Gasteiger partial charge in [-0.2, -0.15) is 0 Å². The van der Waals surface area contributed by atoms with Crippen LogP contribution in [0.4, 0.5) is 11.4 Å². The largest absolute Gasteiger partial charge is 0.458 e. The third kappa shape index (κ3) is 3.57. The lowest BCUT2D eigenvalue weighted by Crippen LogP contribution is -2.28. The molecule has 0 unspecified atom stereocenters. The Kier molecular flexibility index (Phi) is 4.69. The molecule has 2 atom stereocenters. The Labute approximate surface area is 126 Å². The van der Waals surface area contributed by atoms with Crippen LogP contribution in [0.1, 0.15) is 43.0 Å².